The van der Waals surface area contributed by atoms with E-state index in [4.69, 9.17) is 9.47 Å². The molecule has 2 N–H and O–H groups in total. The molecule has 2 fully saturated rings. The minimum atomic E-state index is -0.596. The van der Waals surface area contributed by atoms with E-state index in [1.54, 1.807) is 0 Å². The number of aliphatic hydroxyl groups is 1. The number of anilines is 1. The van der Waals surface area contributed by atoms with Crippen molar-refractivity contribution in [3.05, 3.63) is 18.6 Å². The number of fused-ring (bicyclic) bond motifs is 1. The lowest BCUT2D eigenvalue weighted by molar-refractivity contribution is -0.140. The SMILES string of the molecule is OC[C@H]1CC2(CN1c1ncnc3[nH]ccc13)OCCO2. The lowest BCUT2D eigenvalue weighted by Crippen LogP contribution is -2.36. The summed E-state index contributed by atoms with van der Waals surface area (Å²) in [5.74, 6) is 0.215. The lowest BCUT2D eigenvalue weighted by atomic mass is 10.1. The van der Waals surface area contributed by atoms with E-state index in [2.05, 4.69) is 19.9 Å². The fraction of sp³-hybridized carbons (Fsp3) is 0.538. The third-order valence-electron chi connectivity index (χ3n) is 4.03. The Morgan fingerprint density at radius 1 is 1.40 bits per heavy atom. The minimum Gasteiger partial charge on any atom is -0.394 e. The first-order valence-electron chi connectivity index (χ1n) is 6.75. The molecule has 0 radical (unpaired) electrons. The third kappa shape index (κ3) is 1.71. The average molecular weight is 276 g/mol. The number of nitrogens with zero attached hydrogens (tertiary/aromatic N) is 3. The van der Waals surface area contributed by atoms with Crippen LogP contribution in [-0.4, -0.2) is 58.3 Å². The highest BCUT2D eigenvalue weighted by Crippen LogP contribution is 2.38. The summed E-state index contributed by atoms with van der Waals surface area (Å²) in [6, 6.07) is 1.89. The minimum absolute atomic E-state index is 0.0460. The first-order valence-corrected chi connectivity index (χ1v) is 6.75. The maximum atomic E-state index is 9.66. The van der Waals surface area contributed by atoms with Crippen molar-refractivity contribution >= 4 is 16.9 Å². The van der Waals surface area contributed by atoms with Gasteiger partial charge in [0.25, 0.3) is 0 Å². The van der Waals surface area contributed by atoms with Crippen LogP contribution in [0, 0.1) is 0 Å². The number of rotatable bonds is 2. The predicted octanol–water partition coefficient (Wildman–Crippen LogP) is 0.272. The summed E-state index contributed by atoms with van der Waals surface area (Å²) in [6.45, 7) is 1.84. The van der Waals surface area contributed by atoms with Crippen LogP contribution in [-0.2, 0) is 9.47 Å². The van der Waals surface area contributed by atoms with Crippen LogP contribution in [0.25, 0.3) is 11.0 Å². The lowest BCUT2D eigenvalue weighted by Gasteiger charge is -2.24. The van der Waals surface area contributed by atoms with Gasteiger partial charge in [-0.15, -0.1) is 0 Å². The molecular formula is C13H16N4O3. The van der Waals surface area contributed by atoms with Crippen molar-refractivity contribution in [3.8, 4) is 0 Å². The fourth-order valence-corrected chi connectivity index (χ4v) is 3.13. The molecule has 0 bridgehead atoms. The van der Waals surface area contributed by atoms with Gasteiger partial charge >= 0.3 is 0 Å². The first-order chi connectivity index (χ1) is 9.81. The van der Waals surface area contributed by atoms with E-state index in [1.165, 1.54) is 6.33 Å². The second-order valence-electron chi connectivity index (χ2n) is 5.21. The van der Waals surface area contributed by atoms with Gasteiger partial charge in [-0.2, -0.15) is 0 Å². The molecule has 0 aliphatic carbocycles. The number of aromatic amines is 1. The zero-order valence-corrected chi connectivity index (χ0v) is 11.0. The maximum absolute atomic E-state index is 9.66. The number of ether oxygens (including phenoxy) is 2. The summed E-state index contributed by atoms with van der Waals surface area (Å²) in [7, 11) is 0. The molecule has 7 nitrogen and oxygen atoms in total. The van der Waals surface area contributed by atoms with Crippen LogP contribution in [0.15, 0.2) is 18.6 Å². The molecule has 2 aromatic heterocycles. The zero-order valence-electron chi connectivity index (χ0n) is 11.0. The number of hydrogen-bond acceptors (Lipinski definition) is 6. The zero-order chi connectivity index (χ0) is 13.6. The topological polar surface area (TPSA) is 83.5 Å². The summed E-state index contributed by atoms with van der Waals surface area (Å²) in [4.78, 5) is 13.7. The molecule has 0 aromatic carbocycles. The van der Waals surface area contributed by atoms with Crippen LogP contribution in [0.1, 0.15) is 6.42 Å². The van der Waals surface area contributed by atoms with Gasteiger partial charge in [0, 0.05) is 12.6 Å². The Kier molecular flexibility index (Phi) is 2.66. The Morgan fingerprint density at radius 2 is 2.25 bits per heavy atom. The normalized spacial score (nSPS) is 25.1. The van der Waals surface area contributed by atoms with E-state index in [1.807, 2.05) is 12.3 Å². The number of aliphatic hydroxyl groups excluding tert-OH is 1. The Morgan fingerprint density at radius 3 is 3.05 bits per heavy atom. The van der Waals surface area contributed by atoms with Gasteiger partial charge < -0.3 is 24.5 Å². The Bertz CT molecular complexity index is 623. The molecule has 2 aliphatic rings. The van der Waals surface area contributed by atoms with Crippen molar-refractivity contribution in [2.45, 2.75) is 18.2 Å². The molecule has 1 spiro atoms. The van der Waals surface area contributed by atoms with Crippen LogP contribution < -0.4 is 4.90 Å². The monoisotopic (exact) mass is 276 g/mol. The summed E-state index contributed by atoms with van der Waals surface area (Å²) >= 11 is 0. The Balaban J connectivity index is 1.75. The van der Waals surface area contributed by atoms with Gasteiger partial charge in [-0.1, -0.05) is 0 Å². The van der Waals surface area contributed by atoms with E-state index in [0.29, 0.717) is 26.2 Å². The van der Waals surface area contributed by atoms with Crippen LogP contribution in [0.3, 0.4) is 0 Å². The van der Waals surface area contributed by atoms with Gasteiger partial charge in [0.05, 0.1) is 37.8 Å². The molecule has 7 heteroatoms. The summed E-state index contributed by atoms with van der Waals surface area (Å²) in [6.07, 6.45) is 4.02. The molecule has 2 aromatic rings. The summed E-state index contributed by atoms with van der Waals surface area (Å²) in [5.41, 5.74) is 0.792. The van der Waals surface area contributed by atoms with E-state index in [-0.39, 0.29) is 12.6 Å². The van der Waals surface area contributed by atoms with Crippen molar-refractivity contribution < 1.29 is 14.6 Å². The van der Waals surface area contributed by atoms with Crippen LogP contribution in [0.4, 0.5) is 5.82 Å². The van der Waals surface area contributed by atoms with Crippen LogP contribution >= 0.6 is 0 Å². The predicted molar refractivity (Wildman–Crippen MR) is 71.4 cm³/mol. The van der Waals surface area contributed by atoms with Gasteiger partial charge in [-0.3, -0.25) is 0 Å². The highest BCUT2D eigenvalue weighted by atomic mass is 16.7. The van der Waals surface area contributed by atoms with Crippen molar-refractivity contribution in [2.24, 2.45) is 0 Å². The molecule has 2 saturated heterocycles. The van der Waals surface area contributed by atoms with E-state index in [0.717, 1.165) is 16.9 Å². The molecule has 1 atom stereocenters. The van der Waals surface area contributed by atoms with Crippen molar-refractivity contribution in [2.75, 3.05) is 31.3 Å². The number of nitrogens with one attached hydrogen (secondary N) is 1. The smallest absolute Gasteiger partial charge is 0.188 e. The third-order valence-corrected chi connectivity index (χ3v) is 4.03. The molecule has 2 aliphatic heterocycles. The van der Waals surface area contributed by atoms with E-state index < -0.39 is 5.79 Å². The maximum Gasteiger partial charge on any atom is 0.188 e. The molecule has 4 heterocycles. The molecule has 20 heavy (non-hydrogen) atoms. The van der Waals surface area contributed by atoms with Crippen molar-refractivity contribution in [1.82, 2.24) is 15.0 Å². The largest absolute Gasteiger partial charge is 0.394 e. The summed E-state index contributed by atoms with van der Waals surface area (Å²) < 4.78 is 11.5. The molecule has 0 amide bonds. The van der Waals surface area contributed by atoms with Crippen molar-refractivity contribution in [1.29, 1.82) is 0 Å². The van der Waals surface area contributed by atoms with Crippen LogP contribution in [0.2, 0.25) is 0 Å². The highest BCUT2D eigenvalue weighted by Gasteiger charge is 2.49. The van der Waals surface area contributed by atoms with E-state index in [9.17, 15) is 5.11 Å². The van der Waals surface area contributed by atoms with Gasteiger partial charge in [-0.25, -0.2) is 9.97 Å². The molecule has 0 saturated carbocycles. The molecule has 4 rings (SSSR count). The average Bonchev–Trinajstić information content (AvgIpc) is 3.19. The second kappa shape index (κ2) is 4.41. The fourth-order valence-electron chi connectivity index (χ4n) is 3.13. The Labute approximate surface area is 115 Å². The van der Waals surface area contributed by atoms with Gasteiger partial charge in [0.2, 0.25) is 0 Å². The quantitative estimate of drug-likeness (QED) is 0.819. The standard InChI is InChI=1S/C13H16N4O3/c18-6-9-5-13(19-3-4-20-13)7-17(9)12-10-1-2-14-11(10)15-8-16-12/h1-2,8-9,18H,3-7H2,(H,14,15,16)/t9-/m1/s1. The van der Waals surface area contributed by atoms with E-state index >= 15 is 0 Å². The number of H-pyrrole nitrogens is 1. The second-order valence-corrected chi connectivity index (χ2v) is 5.21. The van der Waals surface area contributed by atoms with Crippen LogP contribution in [0.5, 0.6) is 0 Å². The Hall–Kier alpha value is -1.70. The number of hydrogen-bond donors (Lipinski definition) is 2. The molecule has 0 unspecified atom stereocenters. The van der Waals surface area contributed by atoms with Gasteiger partial charge in [-0.05, 0) is 6.07 Å². The first kappa shape index (κ1) is 12.1. The van der Waals surface area contributed by atoms with Gasteiger partial charge in [0.1, 0.15) is 17.8 Å². The summed E-state index contributed by atoms with van der Waals surface area (Å²) in [5, 5.41) is 10.6. The van der Waals surface area contributed by atoms with Crippen molar-refractivity contribution in [3.63, 3.8) is 0 Å². The number of aromatic nitrogens is 3. The molecular weight excluding hydrogens is 260 g/mol. The highest BCUT2D eigenvalue weighted by molar-refractivity contribution is 5.87. The molecule has 106 valence electrons. The van der Waals surface area contributed by atoms with Gasteiger partial charge in [0.15, 0.2) is 5.79 Å².